The fraction of sp³-hybridized carbons (Fsp3) is 0.462. The second-order valence-electron chi connectivity index (χ2n) is 5.09. The topological polar surface area (TPSA) is 108 Å². The van der Waals surface area contributed by atoms with Crippen LogP contribution in [0.15, 0.2) is 17.4 Å². The Bertz CT molecular complexity index is 801. The van der Waals surface area contributed by atoms with Crippen molar-refractivity contribution < 1.29 is 17.9 Å². The molecule has 0 aliphatic heterocycles. The Kier molecular flexibility index (Phi) is 4.73. The molecule has 0 aromatic carbocycles. The predicted molar refractivity (Wildman–Crippen MR) is 83.2 cm³/mol. The first kappa shape index (κ1) is 17.0. The summed E-state index contributed by atoms with van der Waals surface area (Å²) in [5, 5.41) is -0.0819. The summed E-state index contributed by atoms with van der Waals surface area (Å²) < 4.78 is 39.0. The van der Waals surface area contributed by atoms with Gasteiger partial charge in [0.15, 0.2) is 5.03 Å². The fourth-order valence-electron chi connectivity index (χ4n) is 1.99. The molecule has 1 N–H and O–H groups in total. The zero-order chi connectivity index (χ0) is 17.2. The highest BCUT2D eigenvalue weighted by molar-refractivity contribution is 7.92. The molecule has 2 aromatic rings. The molecule has 0 spiro atoms. The van der Waals surface area contributed by atoms with Crippen molar-refractivity contribution >= 4 is 15.7 Å². The Morgan fingerprint density at radius 3 is 2.43 bits per heavy atom. The number of ether oxygens (including phenoxy) is 2. The average Bonchev–Trinajstić information content (AvgIpc) is 2.90. The first-order valence-electron chi connectivity index (χ1n) is 6.79. The third-order valence-corrected chi connectivity index (χ3v) is 4.27. The Morgan fingerprint density at radius 2 is 1.91 bits per heavy atom. The minimum Gasteiger partial charge on any atom is -0.479 e. The van der Waals surface area contributed by atoms with Crippen LogP contribution in [0.5, 0.6) is 11.9 Å². The SMILES string of the molecule is COc1ncc(NS(=O)(=O)c2cn(C)c(C(C)C)n2)c(OC)n1. The van der Waals surface area contributed by atoms with Gasteiger partial charge < -0.3 is 14.0 Å². The summed E-state index contributed by atoms with van der Waals surface area (Å²) in [7, 11) is 0.640. The third kappa shape index (κ3) is 3.52. The zero-order valence-corrected chi connectivity index (χ0v) is 14.4. The van der Waals surface area contributed by atoms with E-state index >= 15 is 0 Å². The normalized spacial score (nSPS) is 11.6. The molecule has 0 radical (unpaired) electrons. The minimum absolute atomic E-state index is 0.0560. The van der Waals surface area contributed by atoms with E-state index in [1.807, 2.05) is 13.8 Å². The van der Waals surface area contributed by atoms with E-state index in [1.54, 1.807) is 11.6 Å². The van der Waals surface area contributed by atoms with E-state index in [2.05, 4.69) is 19.7 Å². The first-order chi connectivity index (χ1) is 10.8. The van der Waals surface area contributed by atoms with Gasteiger partial charge in [-0.3, -0.25) is 4.72 Å². The summed E-state index contributed by atoms with van der Waals surface area (Å²) in [5.41, 5.74) is 0.102. The van der Waals surface area contributed by atoms with E-state index in [0.29, 0.717) is 5.82 Å². The lowest BCUT2D eigenvalue weighted by atomic mass is 10.2. The smallest absolute Gasteiger partial charge is 0.319 e. The highest BCUT2D eigenvalue weighted by Gasteiger charge is 2.23. The van der Waals surface area contributed by atoms with E-state index in [9.17, 15) is 8.42 Å². The Morgan fingerprint density at radius 1 is 1.22 bits per heavy atom. The number of anilines is 1. The summed E-state index contributed by atoms with van der Waals surface area (Å²) >= 11 is 0. The van der Waals surface area contributed by atoms with Gasteiger partial charge in [0.1, 0.15) is 11.5 Å². The van der Waals surface area contributed by atoms with Gasteiger partial charge >= 0.3 is 6.01 Å². The largest absolute Gasteiger partial charge is 0.479 e. The molecule has 0 bridgehead atoms. The van der Waals surface area contributed by atoms with Crippen LogP contribution < -0.4 is 14.2 Å². The van der Waals surface area contributed by atoms with Crippen LogP contribution in [0.2, 0.25) is 0 Å². The van der Waals surface area contributed by atoms with Gasteiger partial charge in [-0.1, -0.05) is 13.8 Å². The molecule has 2 heterocycles. The molecule has 0 amide bonds. The van der Waals surface area contributed by atoms with E-state index in [4.69, 9.17) is 9.47 Å². The average molecular weight is 341 g/mol. The number of hydrogen-bond donors (Lipinski definition) is 1. The highest BCUT2D eigenvalue weighted by Crippen LogP contribution is 2.25. The van der Waals surface area contributed by atoms with E-state index in [1.165, 1.54) is 26.6 Å². The molecule has 0 saturated carbocycles. The third-order valence-electron chi connectivity index (χ3n) is 3.03. The van der Waals surface area contributed by atoms with Crippen molar-refractivity contribution in [2.45, 2.75) is 24.8 Å². The molecular weight excluding hydrogens is 322 g/mol. The summed E-state index contributed by atoms with van der Waals surface area (Å²) in [4.78, 5) is 12.0. The first-order valence-corrected chi connectivity index (χ1v) is 8.28. The second-order valence-corrected chi connectivity index (χ2v) is 6.72. The molecule has 126 valence electrons. The van der Waals surface area contributed by atoms with Crippen molar-refractivity contribution in [1.29, 1.82) is 0 Å². The number of aryl methyl sites for hydroxylation is 1. The molecule has 0 aliphatic carbocycles. The van der Waals surface area contributed by atoms with Crippen LogP contribution >= 0.6 is 0 Å². The molecule has 2 aromatic heterocycles. The minimum atomic E-state index is -3.88. The molecule has 2 rings (SSSR count). The Balaban J connectivity index is 2.37. The van der Waals surface area contributed by atoms with Crippen molar-refractivity contribution in [2.24, 2.45) is 7.05 Å². The van der Waals surface area contributed by atoms with Crippen LogP contribution in [0.4, 0.5) is 5.69 Å². The van der Waals surface area contributed by atoms with Crippen LogP contribution in [0.3, 0.4) is 0 Å². The predicted octanol–water partition coefficient (Wildman–Crippen LogP) is 1.15. The molecule has 0 fully saturated rings. The van der Waals surface area contributed by atoms with Gasteiger partial charge in [-0.05, 0) is 0 Å². The Hall–Kier alpha value is -2.36. The van der Waals surface area contributed by atoms with Gasteiger partial charge in [-0.25, -0.2) is 9.97 Å². The van der Waals surface area contributed by atoms with Gasteiger partial charge in [0.25, 0.3) is 10.0 Å². The number of imidazole rings is 1. The number of methoxy groups -OCH3 is 2. The molecule has 0 saturated heterocycles. The van der Waals surface area contributed by atoms with E-state index in [0.717, 1.165) is 0 Å². The number of sulfonamides is 1. The van der Waals surface area contributed by atoms with Crippen molar-refractivity contribution in [3.05, 3.63) is 18.2 Å². The van der Waals surface area contributed by atoms with Crippen molar-refractivity contribution in [3.63, 3.8) is 0 Å². The van der Waals surface area contributed by atoms with Gasteiger partial charge in [0.2, 0.25) is 5.88 Å². The maximum atomic E-state index is 12.5. The molecule has 0 aliphatic rings. The molecule has 23 heavy (non-hydrogen) atoms. The maximum absolute atomic E-state index is 12.5. The summed E-state index contributed by atoms with van der Waals surface area (Å²) in [6, 6.07) is 0.0738. The molecule has 9 nitrogen and oxygen atoms in total. The summed E-state index contributed by atoms with van der Waals surface area (Å²) in [6.07, 6.45) is 2.73. The number of rotatable bonds is 6. The maximum Gasteiger partial charge on any atom is 0.319 e. The Labute approximate surface area is 134 Å². The number of nitrogens with one attached hydrogen (secondary N) is 1. The van der Waals surface area contributed by atoms with E-state index in [-0.39, 0.29) is 28.5 Å². The van der Waals surface area contributed by atoms with Crippen LogP contribution in [-0.2, 0) is 17.1 Å². The lowest BCUT2D eigenvalue weighted by Crippen LogP contribution is -2.15. The van der Waals surface area contributed by atoms with Crippen LogP contribution in [0.25, 0.3) is 0 Å². The van der Waals surface area contributed by atoms with Crippen LogP contribution in [0, 0.1) is 0 Å². The standard InChI is InChI=1S/C13H19N5O4S/c1-8(2)11-15-10(7-18(11)3)23(19,20)17-9-6-14-13(22-5)16-12(9)21-4/h6-8,17H,1-5H3. The fourth-order valence-corrected chi connectivity index (χ4v) is 3.03. The lowest BCUT2D eigenvalue weighted by molar-refractivity contribution is 0.353. The van der Waals surface area contributed by atoms with E-state index < -0.39 is 10.0 Å². The molecular formula is C13H19N5O4S. The number of aromatic nitrogens is 4. The number of hydrogen-bond acceptors (Lipinski definition) is 7. The quantitative estimate of drug-likeness (QED) is 0.839. The van der Waals surface area contributed by atoms with Gasteiger partial charge in [-0.2, -0.15) is 13.4 Å². The van der Waals surface area contributed by atoms with Gasteiger partial charge in [-0.15, -0.1) is 0 Å². The van der Waals surface area contributed by atoms with Crippen LogP contribution in [0.1, 0.15) is 25.6 Å². The van der Waals surface area contributed by atoms with Crippen LogP contribution in [-0.4, -0.2) is 42.2 Å². The number of nitrogens with zero attached hydrogens (tertiary/aromatic N) is 4. The van der Waals surface area contributed by atoms with Crippen molar-refractivity contribution in [2.75, 3.05) is 18.9 Å². The zero-order valence-electron chi connectivity index (χ0n) is 13.6. The van der Waals surface area contributed by atoms with Crippen molar-refractivity contribution in [3.8, 4) is 11.9 Å². The van der Waals surface area contributed by atoms with Gasteiger partial charge in [0.05, 0.1) is 20.4 Å². The molecule has 0 unspecified atom stereocenters. The molecule has 10 heteroatoms. The highest BCUT2D eigenvalue weighted by atomic mass is 32.2. The van der Waals surface area contributed by atoms with Crippen molar-refractivity contribution in [1.82, 2.24) is 19.5 Å². The monoisotopic (exact) mass is 341 g/mol. The summed E-state index contributed by atoms with van der Waals surface area (Å²) in [5.74, 6) is 0.826. The second kappa shape index (κ2) is 6.41. The summed E-state index contributed by atoms with van der Waals surface area (Å²) in [6.45, 7) is 3.87. The lowest BCUT2D eigenvalue weighted by Gasteiger charge is -2.09. The van der Waals surface area contributed by atoms with Gasteiger partial charge in [0, 0.05) is 19.2 Å². The molecule has 0 atom stereocenters.